The molecule has 0 aliphatic heterocycles. The van der Waals surface area contributed by atoms with Crippen molar-refractivity contribution in [1.29, 1.82) is 0 Å². The maximum absolute atomic E-state index is 2.22. The zero-order chi connectivity index (χ0) is 23.6. The molecule has 0 spiro atoms. The Morgan fingerprint density at radius 3 is 0.971 bits per heavy atom. The van der Waals surface area contributed by atoms with Crippen molar-refractivity contribution >= 4 is 3.26 Å². The zero-order valence-corrected chi connectivity index (χ0v) is 26.3. The van der Waals surface area contributed by atoms with Gasteiger partial charge >= 0.3 is 98.9 Å². The third-order valence-electron chi connectivity index (χ3n) is 5.18. The van der Waals surface area contributed by atoms with Crippen molar-refractivity contribution in [3.8, 4) is 0 Å². The first-order chi connectivity index (χ1) is 15.1. The van der Waals surface area contributed by atoms with Crippen LogP contribution >= 0.6 is 0 Å². The number of halogens is 2. The normalized spacial score (nSPS) is 10.4. The molecule has 0 heterocycles. The molecule has 0 bridgehead atoms. The Kier molecular flexibility index (Phi) is 14.8. The molecule has 0 aromatic heterocycles. The van der Waals surface area contributed by atoms with Gasteiger partial charge in [-0.05, 0) is 0 Å². The summed E-state index contributed by atoms with van der Waals surface area (Å²) in [5, 5.41) is 0. The van der Waals surface area contributed by atoms with Gasteiger partial charge in [0.1, 0.15) is 0 Å². The van der Waals surface area contributed by atoms with Crippen molar-refractivity contribution < 1.29 is 48.7 Å². The van der Waals surface area contributed by atoms with E-state index in [-0.39, 0.29) is 24.8 Å². The van der Waals surface area contributed by atoms with Crippen molar-refractivity contribution in [3.05, 3.63) is 131 Å². The van der Waals surface area contributed by atoms with Crippen LogP contribution in [-0.4, -0.2) is 3.26 Å². The molecule has 4 aromatic rings. The van der Waals surface area contributed by atoms with Crippen LogP contribution in [0.2, 0.25) is 0 Å². The quantitative estimate of drug-likeness (QED) is 0.229. The molecule has 0 saturated heterocycles. The molecule has 180 valence electrons. The van der Waals surface area contributed by atoms with Crippen molar-refractivity contribution in [2.45, 2.75) is 52.4 Å². The van der Waals surface area contributed by atoms with E-state index in [4.69, 9.17) is 0 Å². The summed E-state index contributed by atoms with van der Waals surface area (Å²) >= 11 is 1.08. The van der Waals surface area contributed by atoms with Gasteiger partial charge in [0.05, 0.1) is 0 Å². The molecule has 0 saturated carbocycles. The van der Waals surface area contributed by atoms with Gasteiger partial charge in [-0.1, -0.05) is 52.4 Å². The molecule has 0 unspecified atom stereocenters. The molecule has 0 atom stereocenters. The molecule has 4 aromatic carbocycles. The van der Waals surface area contributed by atoms with Gasteiger partial charge in [0.25, 0.3) is 0 Å². The van der Waals surface area contributed by atoms with Crippen LogP contribution in [-0.2, 0) is 34.7 Å². The van der Waals surface area contributed by atoms with Crippen LogP contribution in [0.4, 0.5) is 0 Å². The summed E-state index contributed by atoms with van der Waals surface area (Å²) in [5.74, 6) is 0. The SMILES string of the molecule is CC(C)(C)[c-]1cccc1.CC(C)(C)[c-]1cccc1.[Cl-].[Cl-].[Hf+2]=[C](c1ccccc1)c1ccccc1. The van der Waals surface area contributed by atoms with E-state index >= 15 is 0 Å². The first-order valence-electron chi connectivity index (χ1n) is 11.2. The topological polar surface area (TPSA) is 0 Å². The standard InChI is InChI=1S/C13H10.2C9H13.2ClH.Hf/c1-3-7-12(8-4-1)11-13-9-5-2-6-10-13;2*1-9(2,3)8-6-4-5-7-8;;;/h1-10H;2*4-7H,1-3H3;2*1H;/q;2*-1;;;+2/p-2. The van der Waals surface area contributed by atoms with Crippen molar-refractivity contribution in [2.24, 2.45) is 0 Å². The van der Waals surface area contributed by atoms with Gasteiger partial charge in [0.2, 0.25) is 0 Å². The Balaban J connectivity index is 0.000000485. The van der Waals surface area contributed by atoms with Crippen LogP contribution < -0.4 is 24.8 Å². The minimum absolute atomic E-state index is 0. The maximum atomic E-state index is 2.22. The molecule has 0 aliphatic rings. The van der Waals surface area contributed by atoms with E-state index in [1.165, 1.54) is 25.5 Å². The van der Waals surface area contributed by atoms with Crippen LogP contribution in [0.1, 0.15) is 63.8 Å². The summed E-state index contributed by atoms with van der Waals surface area (Å²) in [6.45, 7) is 13.3. The first-order valence-corrected chi connectivity index (χ1v) is 13.0. The molecule has 0 N–H and O–H groups in total. The molecule has 0 aliphatic carbocycles. The van der Waals surface area contributed by atoms with Crippen LogP contribution in [0.3, 0.4) is 0 Å². The predicted molar refractivity (Wildman–Crippen MR) is 138 cm³/mol. The summed E-state index contributed by atoms with van der Waals surface area (Å²) in [4.78, 5) is 0. The van der Waals surface area contributed by atoms with E-state index in [0.717, 1.165) is 23.9 Å². The fourth-order valence-corrected chi connectivity index (χ4v) is 4.32. The van der Waals surface area contributed by atoms with Crippen LogP contribution in [0, 0.1) is 0 Å². The van der Waals surface area contributed by atoms with Gasteiger partial charge in [0, 0.05) is 0 Å². The third-order valence-corrected chi connectivity index (χ3v) is 7.26. The molecule has 0 amide bonds. The predicted octanol–water partition coefficient (Wildman–Crippen LogP) is 2.22. The summed E-state index contributed by atoms with van der Waals surface area (Å²) in [5.41, 5.74) is 6.19. The minimum atomic E-state index is 0. The summed E-state index contributed by atoms with van der Waals surface area (Å²) in [6.07, 6.45) is 0. The van der Waals surface area contributed by atoms with E-state index in [1.807, 2.05) is 0 Å². The van der Waals surface area contributed by atoms with Gasteiger partial charge in [-0.3, -0.25) is 0 Å². The molecule has 4 rings (SSSR count). The van der Waals surface area contributed by atoms with Crippen LogP contribution in [0.15, 0.2) is 109 Å². The summed E-state index contributed by atoms with van der Waals surface area (Å²) in [7, 11) is 0. The van der Waals surface area contributed by atoms with Gasteiger partial charge in [-0.15, -0.1) is 0 Å². The van der Waals surface area contributed by atoms with E-state index < -0.39 is 0 Å². The van der Waals surface area contributed by atoms with E-state index in [0.29, 0.717) is 10.8 Å². The fourth-order valence-electron chi connectivity index (χ4n) is 3.12. The number of benzene rings is 2. The molecular formula is C31H36Cl2Hf-2. The average molecular weight is 658 g/mol. The second kappa shape index (κ2) is 15.5. The second-order valence-electron chi connectivity index (χ2n) is 9.95. The average Bonchev–Trinajstić information content (AvgIpc) is 3.49. The zero-order valence-electron chi connectivity index (χ0n) is 21.1. The Hall–Kier alpha value is -1.54. The molecule has 0 radical (unpaired) electrons. The number of hydrogen-bond acceptors (Lipinski definition) is 0. The fraction of sp³-hybridized carbons (Fsp3) is 0.258. The van der Waals surface area contributed by atoms with Gasteiger partial charge < -0.3 is 24.8 Å². The van der Waals surface area contributed by atoms with E-state index in [2.05, 4.69) is 151 Å². The van der Waals surface area contributed by atoms with Crippen molar-refractivity contribution in [1.82, 2.24) is 0 Å². The Labute approximate surface area is 234 Å². The molecule has 0 fully saturated rings. The summed E-state index contributed by atoms with van der Waals surface area (Å²) < 4.78 is 1.46. The summed E-state index contributed by atoms with van der Waals surface area (Å²) in [6, 6.07) is 38.2. The third kappa shape index (κ3) is 11.3. The van der Waals surface area contributed by atoms with Crippen LogP contribution in [0.5, 0.6) is 0 Å². The molecular weight excluding hydrogens is 622 g/mol. The molecule has 3 heteroatoms. The van der Waals surface area contributed by atoms with Crippen LogP contribution in [0.25, 0.3) is 0 Å². The molecule has 34 heavy (non-hydrogen) atoms. The van der Waals surface area contributed by atoms with Gasteiger partial charge in [-0.25, -0.2) is 24.3 Å². The Bertz CT molecular complexity index is 933. The Morgan fingerprint density at radius 1 is 0.500 bits per heavy atom. The van der Waals surface area contributed by atoms with Gasteiger partial charge in [0.15, 0.2) is 0 Å². The van der Waals surface area contributed by atoms with Gasteiger partial charge in [-0.2, -0.15) is 35.4 Å². The number of hydrogen-bond donors (Lipinski definition) is 0. The second-order valence-corrected chi connectivity index (χ2v) is 11.8. The van der Waals surface area contributed by atoms with Crippen molar-refractivity contribution in [3.63, 3.8) is 0 Å². The van der Waals surface area contributed by atoms with E-state index in [1.54, 1.807) is 0 Å². The molecule has 0 nitrogen and oxygen atoms in total. The first kappa shape index (κ1) is 32.5. The Morgan fingerprint density at radius 2 is 0.765 bits per heavy atom. The van der Waals surface area contributed by atoms with Crippen molar-refractivity contribution in [2.75, 3.05) is 0 Å². The van der Waals surface area contributed by atoms with E-state index in [9.17, 15) is 0 Å². The monoisotopic (exact) mass is 658 g/mol. The number of rotatable bonds is 2.